The van der Waals surface area contributed by atoms with Crippen molar-refractivity contribution < 1.29 is 9.18 Å². The highest BCUT2D eigenvalue weighted by Gasteiger charge is 2.30. The molecule has 0 unspecified atom stereocenters. The van der Waals surface area contributed by atoms with Crippen molar-refractivity contribution >= 4 is 33.1 Å². The Balaban J connectivity index is 1.32. The SMILES string of the molecule is CC1=C(Nc2ccc3scnc3c2)C(C(=O)N2CCC(c3ccc(F)cc3)CC2)=CN(C)C1. The first-order valence-corrected chi connectivity index (χ1v) is 12.1. The van der Waals surface area contributed by atoms with Crippen LogP contribution < -0.4 is 5.32 Å². The van der Waals surface area contributed by atoms with E-state index in [4.69, 9.17) is 0 Å². The van der Waals surface area contributed by atoms with Crippen molar-refractivity contribution in [3.63, 3.8) is 0 Å². The lowest BCUT2D eigenvalue weighted by Crippen LogP contribution is -2.41. The first kappa shape index (κ1) is 21.6. The number of carbonyl (C=O) groups is 1. The number of hydrogen-bond acceptors (Lipinski definition) is 5. The number of likely N-dealkylation sites (N-methyl/N-ethyl adjacent to an activating group) is 1. The van der Waals surface area contributed by atoms with Gasteiger partial charge in [-0.2, -0.15) is 0 Å². The maximum Gasteiger partial charge on any atom is 0.257 e. The molecule has 0 spiro atoms. The molecule has 5 nitrogen and oxygen atoms in total. The Bertz CT molecular complexity index is 1240. The molecule has 0 saturated carbocycles. The van der Waals surface area contributed by atoms with E-state index < -0.39 is 0 Å². The summed E-state index contributed by atoms with van der Waals surface area (Å²) in [6.45, 7) is 4.23. The van der Waals surface area contributed by atoms with Crippen LogP contribution in [0.2, 0.25) is 0 Å². The molecule has 2 aliphatic heterocycles. The lowest BCUT2D eigenvalue weighted by Gasteiger charge is -2.35. The Hall–Kier alpha value is -3.19. The predicted molar refractivity (Wildman–Crippen MR) is 132 cm³/mol. The number of benzene rings is 2. The standard InChI is InChI=1S/C26H27FN4OS/c1-17-14-30(2)15-22(25(17)29-21-7-8-24-23(13-21)28-16-33-24)26(32)31-11-9-19(10-12-31)18-3-5-20(27)6-4-18/h3-8,13,15-16,19,29H,9-12,14H2,1-2H3. The Kier molecular flexibility index (Phi) is 5.89. The second kappa shape index (κ2) is 8.98. The fourth-order valence-corrected chi connectivity index (χ4v) is 5.41. The van der Waals surface area contributed by atoms with Crippen LogP contribution in [0.3, 0.4) is 0 Å². The maximum absolute atomic E-state index is 13.6. The molecule has 7 heteroatoms. The van der Waals surface area contributed by atoms with Crippen LogP contribution in [-0.4, -0.2) is 47.4 Å². The molecule has 3 aromatic rings. The van der Waals surface area contributed by atoms with Gasteiger partial charge in [0, 0.05) is 38.6 Å². The number of amides is 1. The first-order valence-electron chi connectivity index (χ1n) is 11.2. The van der Waals surface area contributed by atoms with E-state index in [1.807, 2.05) is 47.9 Å². The number of carbonyl (C=O) groups excluding carboxylic acids is 1. The molecule has 1 N–H and O–H groups in total. The van der Waals surface area contributed by atoms with Gasteiger partial charge in [-0.15, -0.1) is 11.3 Å². The maximum atomic E-state index is 13.6. The number of aromatic nitrogens is 1. The summed E-state index contributed by atoms with van der Waals surface area (Å²) in [5.41, 5.74) is 7.59. The van der Waals surface area contributed by atoms with E-state index >= 15 is 0 Å². The number of fused-ring (bicyclic) bond motifs is 1. The Morgan fingerprint density at radius 1 is 1.15 bits per heavy atom. The number of likely N-dealkylation sites (tertiary alicyclic amines) is 1. The van der Waals surface area contributed by atoms with Crippen LogP contribution in [0.25, 0.3) is 10.2 Å². The second-order valence-corrected chi connectivity index (χ2v) is 9.78. The minimum absolute atomic E-state index is 0.0516. The third-order valence-corrected chi connectivity index (χ3v) is 7.30. The quantitative estimate of drug-likeness (QED) is 0.567. The molecule has 5 rings (SSSR count). The largest absolute Gasteiger partial charge is 0.376 e. The molecule has 2 aromatic carbocycles. The van der Waals surface area contributed by atoms with Crippen LogP contribution in [0.15, 0.2) is 71.0 Å². The molecule has 0 aliphatic carbocycles. The molecule has 0 atom stereocenters. The zero-order valence-corrected chi connectivity index (χ0v) is 19.7. The fraction of sp³-hybridized carbons (Fsp3) is 0.308. The molecule has 1 saturated heterocycles. The normalized spacial score (nSPS) is 17.5. The first-order chi connectivity index (χ1) is 16.0. The van der Waals surface area contributed by atoms with Gasteiger partial charge < -0.3 is 15.1 Å². The molecule has 2 aliphatic rings. The van der Waals surface area contributed by atoms with Crippen LogP contribution in [-0.2, 0) is 4.79 Å². The molecular formula is C26H27FN4OS. The molecule has 3 heterocycles. The summed E-state index contributed by atoms with van der Waals surface area (Å²) in [5.74, 6) is 0.198. The number of hydrogen-bond donors (Lipinski definition) is 1. The van der Waals surface area contributed by atoms with Gasteiger partial charge in [0.2, 0.25) is 0 Å². The van der Waals surface area contributed by atoms with Crippen LogP contribution >= 0.6 is 11.3 Å². The number of rotatable bonds is 4. The highest BCUT2D eigenvalue weighted by atomic mass is 32.1. The Morgan fingerprint density at radius 3 is 2.67 bits per heavy atom. The monoisotopic (exact) mass is 462 g/mol. The van der Waals surface area contributed by atoms with Crippen LogP contribution in [0, 0.1) is 5.82 Å². The van der Waals surface area contributed by atoms with Crippen molar-refractivity contribution in [2.75, 3.05) is 32.0 Å². The highest BCUT2D eigenvalue weighted by molar-refractivity contribution is 7.16. The zero-order valence-electron chi connectivity index (χ0n) is 18.8. The van der Waals surface area contributed by atoms with Gasteiger partial charge in [0.25, 0.3) is 5.91 Å². The molecule has 1 amide bonds. The molecule has 1 fully saturated rings. The molecule has 0 bridgehead atoms. The summed E-state index contributed by atoms with van der Waals surface area (Å²) in [4.78, 5) is 22.0. The van der Waals surface area contributed by atoms with Gasteiger partial charge >= 0.3 is 0 Å². The molecule has 1 aromatic heterocycles. The van der Waals surface area contributed by atoms with Crippen molar-refractivity contribution in [2.24, 2.45) is 0 Å². The third-order valence-electron chi connectivity index (χ3n) is 6.49. The van der Waals surface area contributed by atoms with E-state index in [0.717, 1.165) is 52.1 Å². The van der Waals surface area contributed by atoms with E-state index in [0.29, 0.717) is 24.6 Å². The Morgan fingerprint density at radius 2 is 1.91 bits per heavy atom. The highest BCUT2D eigenvalue weighted by Crippen LogP contribution is 2.32. The van der Waals surface area contributed by atoms with Gasteiger partial charge in [-0.05, 0) is 67.2 Å². The van der Waals surface area contributed by atoms with Gasteiger partial charge in [-0.25, -0.2) is 9.37 Å². The minimum atomic E-state index is -0.212. The number of nitrogens with one attached hydrogen (secondary N) is 1. The van der Waals surface area contributed by atoms with E-state index in [2.05, 4.69) is 28.2 Å². The average Bonchev–Trinajstić information content (AvgIpc) is 3.29. The van der Waals surface area contributed by atoms with Crippen molar-refractivity contribution in [3.8, 4) is 0 Å². The summed E-state index contributed by atoms with van der Waals surface area (Å²) in [5, 5.41) is 3.51. The van der Waals surface area contributed by atoms with Gasteiger partial charge in [0.15, 0.2) is 0 Å². The summed E-state index contributed by atoms with van der Waals surface area (Å²) >= 11 is 1.62. The van der Waals surface area contributed by atoms with Crippen LogP contribution in [0.4, 0.5) is 10.1 Å². The smallest absolute Gasteiger partial charge is 0.257 e. The zero-order chi connectivity index (χ0) is 22.9. The number of nitrogens with zero attached hydrogens (tertiary/aromatic N) is 3. The summed E-state index contributed by atoms with van der Waals surface area (Å²) in [6, 6.07) is 12.9. The van der Waals surface area contributed by atoms with Gasteiger partial charge in [0.1, 0.15) is 5.82 Å². The van der Waals surface area contributed by atoms with Gasteiger partial charge in [-0.1, -0.05) is 12.1 Å². The number of halogens is 1. The molecule has 170 valence electrons. The van der Waals surface area contributed by atoms with E-state index in [9.17, 15) is 9.18 Å². The van der Waals surface area contributed by atoms with Crippen molar-refractivity contribution in [2.45, 2.75) is 25.7 Å². The van der Waals surface area contributed by atoms with Gasteiger partial charge in [0.05, 0.1) is 27.0 Å². The number of anilines is 1. The number of piperidine rings is 1. The topological polar surface area (TPSA) is 48.5 Å². The van der Waals surface area contributed by atoms with Crippen LogP contribution in [0.1, 0.15) is 31.2 Å². The average molecular weight is 463 g/mol. The van der Waals surface area contributed by atoms with Gasteiger partial charge in [-0.3, -0.25) is 4.79 Å². The van der Waals surface area contributed by atoms with Crippen LogP contribution in [0.5, 0.6) is 0 Å². The lowest BCUT2D eigenvalue weighted by atomic mass is 9.89. The summed E-state index contributed by atoms with van der Waals surface area (Å²) < 4.78 is 14.4. The summed E-state index contributed by atoms with van der Waals surface area (Å²) in [6.07, 6.45) is 3.71. The van der Waals surface area contributed by atoms with Crippen molar-refractivity contribution in [1.29, 1.82) is 0 Å². The summed E-state index contributed by atoms with van der Waals surface area (Å²) in [7, 11) is 2.00. The second-order valence-electron chi connectivity index (χ2n) is 8.89. The van der Waals surface area contributed by atoms with E-state index in [-0.39, 0.29) is 11.7 Å². The molecule has 33 heavy (non-hydrogen) atoms. The minimum Gasteiger partial charge on any atom is -0.376 e. The third kappa shape index (κ3) is 4.50. The van der Waals surface area contributed by atoms with Crippen molar-refractivity contribution in [3.05, 3.63) is 82.4 Å². The molecular weight excluding hydrogens is 435 g/mol. The van der Waals surface area contributed by atoms with E-state index in [1.54, 1.807) is 11.3 Å². The fourth-order valence-electron chi connectivity index (χ4n) is 4.75. The molecule has 0 radical (unpaired) electrons. The lowest BCUT2D eigenvalue weighted by molar-refractivity contribution is -0.128. The van der Waals surface area contributed by atoms with Crippen molar-refractivity contribution in [1.82, 2.24) is 14.8 Å². The Labute approximate surface area is 197 Å². The van der Waals surface area contributed by atoms with E-state index in [1.165, 1.54) is 12.1 Å². The number of thiazole rings is 1. The predicted octanol–water partition coefficient (Wildman–Crippen LogP) is 5.36.